The highest BCUT2D eigenvalue weighted by Gasteiger charge is 2.14. The molecule has 2 N–H and O–H groups in total. The Hall–Kier alpha value is -1.40. The summed E-state index contributed by atoms with van der Waals surface area (Å²) >= 11 is 0. The number of nitrogens with one attached hydrogen (secondary N) is 2. The van der Waals surface area contributed by atoms with Crippen LogP contribution in [0.4, 0.5) is 0 Å². The van der Waals surface area contributed by atoms with Gasteiger partial charge in [0.15, 0.2) is 0 Å². The smallest absolute Gasteiger partial charge is 0.240 e. The van der Waals surface area contributed by atoms with Gasteiger partial charge in [0.25, 0.3) is 0 Å². The van der Waals surface area contributed by atoms with Crippen molar-refractivity contribution in [3.63, 3.8) is 0 Å². The summed E-state index contributed by atoms with van der Waals surface area (Å²) in [6.45, 7) is 5.18. The Bertz CT molecular complexity index is 509. The first kappa shape index (κ1) is 14.7. The van der Waals surface area contributed by atoms with Gasteiger partial charge < -0.3 is 5.32 Å². The quantitative estimate of drug-likeness (QED) is 0.831. The minimum Gasteiger partial charge on any atom is -0.353 e. The number of aryl methyl sites for hydroxylation is 1. The molecule has 5 nitrogen and oxygen atoms in total. The maximum atomic E-state index is 11.9. The fourth-order valence-electron chi connectivity index (χ4n) is 1.43. The summed E-state index contributed by atoms with van der Waals surface area (Å²) in [4.78, 5) is 11.0. The maximum Gasteiger partial charge on any atom is 0.240 e. The monoisotopic (exact) mass is 270 g/mol. The third-order valence-electron chi connectivity index (χ3n) is 2.36. The lowest BCUT2D eigenvalue weighted by Crippen LogP contribution is -2.40. The average molecular weight is 270 g/mol. The van der Waals surface area contributed by atoms with Gasteiger partial charge >= 0.3 is 0 Å². The van der Waals surface area contributed by atoms with Crippen LogP contribution in [0.15, 0.2) is 29.2 Å². The largest absolute Gasteiger partial charge is 0.353 e. The maximum absolute atomic E-state index is 11.9. The number of hydrogen-bond donors (Lipinski definition) is 2. The van der Waals surface area contributed by atoms with Crippen molar-refractivity contribution >= 4 is 15.9 Å². The molecule has 1 unspecified atom stereocenters. The Morgan fingerprint density at radius 3 is 2.33 bits per heavy atom. The van der Waals surface area contributed by atoms with E-state index in [0.29, 0.717) is 0 Å². The highest BCUT2D eigenvalue weighted by atomic mass is 32.2. The molecule has 1 rings (SSSR count). The number of carbonyl (C=O) groups is 1. The van der Waals surface area contributed by atoms with E-state index in [9.17, 15) is 13.2 Å². The minimum absolute atomic E-state index is 0.162. The summed E-state index contributed by atoms with van der Waals surface area (Å²) < 4.78 is 26.3. The van der Waals surface area contributed by atoms with Crippen molar-refractivity contribution in [2.45, 2.75) is 31.7 Å². The molecule has 6 heteroatoms. The molecule has 0 fully saturated rings. The van der Waals surface area contributed by atoms with Crippen molar-refractivity contribution in [3.8, 4) is 0 Å². The van der Waals surface area contributed by atoms with Crippen LogP contribution in [0.5, 0.6) is 0 Å². The van der Waals surface area contributed by atoms with Crippen LogP contribution in [-0.4, -0.2) is 26.9 Å². The number of amides is 1. The van der Waals surface area contributed by atoms with Crippen molar-refractivity contribution in [1.29, 1.82) is 0 Å². The van der Waals surface area contributed by atoms with Crippen LogP contribution in [0.25, 0.3) is 0 Å². The number of hydrogen-bond acceptors (Lipinski definition) is 3. The Kier molecular flexibility index (Phi) is 4.86. The van der Waals surface area contributed by atoms with E-state index >= 15 is 0 Å². The molecule has 0 aliphatic carbocycles. The first-order valence-electron chi connectivity index (χ1n) is 5.64. The van der Waals surface area contributed by atoms with E-state index in [1.807, 2.05) is 6.92 Å². The zero-order valence-electron chi connectivity index (χ0n) is 10.7. The summed E-state index contributed by atoms with van der Waals surface area (Å²) in [7, 11) is -3.51. The summed E-state index contributed by atoms with van der Waals surface area (Å²) in [5.41, 5.74) is 1.00. The second kappa shape index (κ2) is 5.97. The molecule has 0 saturated heterocycles. The third kappa shape index (κ3) is 4.46. The van der Waals surface area contributed by atoms with Crippen LogP contribution < -0.4 is 10.0 Å². The van der Waals surface area contributed by atoms with Gasteiger partial charge in [0.2, 0.25) is 15.9 Å². The van der Waals surface area contributed by atoms with E-state index in [4.69, 9.17) is 0 Å². The van der Waals surface area contributed by atoms with Gasteiger partial charge in [0, 0.05) is 19.5 Å². The van der Waals surface area contributed by atoms with Gasteiger partial charge in [-0.05, 0) is 26.0 Å². The lowest BCUT2D eigenvalue weighted by Gasteiger charge is -2.13. The molecule has 1 aromatic carbocycles. The average Bonchev–Trinajstić information content (AvgIpc) is 2.26. The normalized spacial score (nSPS) is 13.1. The number of sulfonamides is 1. The van der Waals surface area contributed by atoms with Crippen molar-refractivity contribution in [2.75, 3.05) is 6.54 Å². The van der Waals surface area contributed by atoms with E-state index in [1.54, 1.807) is 31.2 Å². The lowest BCUT2D eigenvalue weighted by molar-refractivity contribution is -0.119. The molecule has 0 radical (unpaired) electrons. The SMILES string of the molecule is CC(=O)NC(C)CNS(=O)(=O)c1ccc(C)cc1. The van der Waals surface area contributed by atoms with Gasteiger partial charge in [-0.2, -0.15) is 0 Å². The second-order valence-electron chi connectivity index (χ2n) is 4.27. The van der Waals surface area contributed by atoms with Crippen LogP contribution in [0, 0.1) is 6.92 Å². The predicted molar refractivity (Wildman–Crippen MR) is 69.6 cm³/mol. The molecule has 18 heavy (non-hydrogen) atoms. The zero-order chi connectivity index (χ0) is 13.8. The van der Waals surface area contributed by atoms with Crippen molar-refractivity contribution in [3.05, 3.63) is 29.8 Å². The first-order valence-corrected chi connectivity index (χ1v) is 7.13. The summed E-state index contributed by atoms with van der Waals surface area (Å²) in [6.07, 6.45) is 0. The molecule has 0 heterocycles. The molecule has 0 aliphatic heterocycles. The van der Waals surface area contributed by atoms with Crippen LogP contribution in [-0.2, 0) is 14.8 Å². The van der Waals surface area contributed by atoms with Crippen molar-refractivity contribution < 1.29 is 13.2 Å². The fraction of sp³-hybridized carbons (Fsp3) is 0.417. The van der Waals surface area contributed by atoms with Gasteiger partial charge in [-0.3, -0.25) is 4.79 Å². The third-order valence-corrected chi connectivity index (χ3v) is 3.80. The summed E-state index contributed by atoms with van der Waals surface area (Å²) in [5.74, 6) is -0.183. The highest BCUT2D eigenvalue weighted by Crippen LogP contribution is 2.09. The van der Waals surface area contributed by atoms with E-state index in [2.05, 4.69) is 10.0 Å². The first-order chi connectivity index (χ1) is 8.31. The molecular weight excluding hydrogens is 252 g/mol. The lowest BCUT2D eigenvalue weighted by atomic mass is 10.2. The standard InChI is InChI=1S/C12H18N2O3S/c1-9-4-6-12(7-5-9)18(16,17)13-8-10(2)14-11(3)15/h4-7,10,13H,8H2,1-3H3,(H,14,15). The molecule has 0 aliphatic rings. The molecule has 100 valence electrons. The molecule has 1 aromatic rings. The van der Waals surface area contributed by atoms with Gasteiger partial charge in [0.05, 0.1) is 4.90 Å². The number of benzene rings is 1. The van der Waals surface area contributed by atoms with E-state index in [-0.39, 0.29) is 23.4 Å². The summed E-state index contributed by atoms with van der Waals surface area (Å²) in [5, 5.41) is 2.61. The second-order valence-corrected chi connectivity index (χ2v) is 6.03. The molecule has 0 saturated carbocycles. The van der Waals surface area contributed by atoms with Crippen LogP contribution >= 0.6 is 0 Å². The number of carbonyl (C=O) groups excluding carboxylic acids is 1. The minimum atomic E-state index is -3.51. The number of rotatable bonds is 5. The van der Waals surface area contributed by atoms with Crippen molar-refractivity contribution in [1.82, 2.24) is 10.0 Å². The summed E-state index contributed by atoms with van der Waals surface area (Å²) in [6, 6.07) is 6.35. The fourth-order valence-corrected chi connectivity index (χ4v) is 2.56. The van der Waals surface area contributed by atoms with Crippen molar-refractivity contribution in [2.24, 2.45) is 0 Å². The Balaban J connectivity index is 2.65. The molecule has 0 spiro atoms. The Morgan fingerprint density at radius 1 is 1.28 bits per heavy atom. The molecule has 1 atom stereocenters. The van der Waals surface area contributed by atoms with Crippen LogP contribution in [0.2, 0.25) is 0 Å². The molecule has 0 aromatic heterocycles. The van der Waals surface area contributed by atoms with E-state index in [0.717, 1.165) is 5.56 Å². The van der Waals surface area contributed by atoms with Gasteiger partial charge in [-0.25, -0.2) is 13.1 Å². The van der Waals surface area contributed by atoms with Gasteiger partial charge in [0.1, 0.15) is 0 Å². The Morgan fingerprint density at radius 2 is 1.83 bits per heavy atom. The van der Waals surface area contributed by atoms with E-state index in [1.165, 1.54) is 6.92 Å². The van der Waals surface area contributed by atoms with Gasteiger partial charge in [-0.1, -0.05) is 17.7 Å². The van der Waals surface area contributed by atoms with E-state index < -0.39 is 10.0 Å². The van der Waals surface area contributed by atoms with Gasteiger partial charge in [-0.15, -0.1) is 0 Å². The molecular formula is C12H18N2O3S. The van der Waals surface area contributed by atoms with Crippen LogP contribution in [0.1, 0.15) is 19.4 Å². The van der Waals surface area contributed by atoms with Crippen LogP contribution in [0.3, 0.4) is 0 Å². The zero-order valence-corrected chi connectivity index (χ0v) is 11.5. The highest BCUT2D eigenvalue weighted by molar-refractivity contribution is 7.89. The molecule has 1 amide bonds. The molecule has 0 bridgehead atoms. The predicted octanol–water partition coefficient (Wildman–Crippen LogP) is 0.798. The topological polar surface area (TPSA) is 75.3 Å². The Labute approximate surface area is 108 Å².